The zero-order chi connectivity index (χ0) is 14.0. The molecule has 102 valence electrons. The Balaban J connectivity index is 1.99. The molecule has 1 aliphatic heterocycles. The maximum Gasteiger partial charge on any atom is 0.267 e. The van der Waals surface area contributed by atoms with Crippen molar-refractivity contribution in [2.75, 3.05) is 7.05 Å². The van der Waals surface area contributed by atoms with E-state index < -0.39 is 0 Å². The third-order valence-electron chi connectivity index (χ3n) is 3.08. The van der Waals surface area contributed by atoms with Crippen molar-refractivity contribution in [2.24, 2.45) is 5.10 Å². The highest BCUT2D eigenvalue weighted by Gasteiger charge is 2.22. The van der Waals surface area contributed by atoms with E-state index >= 15 is 0 Å². The molecule has 2 amide bonds. The van der Waals surface area contributed by atoms with Crippen molar-refractivity contribution in [1.82, 2.24) is 15.5 Å². The molecule has 0 bridgehead atoms. The summed E-state index contributed by atoms with van der Waals surface area (Å²) in [5, 5.41) is 11.7. The molecule has 0 radical (unpaired) electrons. The van der Waals surface area contributed by atoms with E-state index in [1.165, 1.54) is 5.01 Å². The molecular formula is C12H16N4O3. The minimum Gasteiger partial charge on any atom is -0.361 e. The summed E-state index contributed by atoms with van der Waals surface area (Å²) in [5.41, 5.74) is 2.00. The fourth-order valence-corrected chi connectivity index (χ4v) is 1.86. The van der Waals surface area contributed by atoms with E-state index in [9.17, 15) is 9.59 Å². The quantitative estimate of drug-likeness (QED) is 0.861. The number of hydrogen-bond donors (Lipinski definition) is 1. The van der Waals surface area contributed by atoms with Crippen molar-refractivity contribution in [3.63, 3.8) is 0 Å². The molecule has 1 aliphatic rings. The molecule has 7 nitrogen and oxygen atoms in total. The van der Waals surface area contributed by atoms with Crippen molar-refractivity contribution < 1.29 is 14.1 Å². The van der Waals surface area contributed by atoms with Gasteiger partial charge in [-0.05, 0) is 13.8 Å². The van der Waals surface area contributed by atoms with Gasteiger partial charge in [0.15, 0.2) is 0 Å². The van der Waals surface area contributed by atoms with Gasteiger partial charge in [0.1, 0.15) is 11.5 Å². The van der Waals surface area contributed by atoms with Gasteiger partial charge in [-0.3, -0.25) is 9.59 Å². The number of nitrogens with zero attached hydrogens (tertiary/aromatic N) is 3. The fraction of sp³-hybridized carbons (Fsp3) is 0.500. The van der Waals surface area contributed by atoms with Crippen molar-refractivity contribution >= 4 is 17.5 Å². The molecule has 0 aromatic carbocycles. The number of carbonyl (C=O) groups excluding carboxylic acids is 2. The highest BCUT2D eigenvalue weighted by Crippen LogP contribution is 2.12. The molecule has 7 heteroatoms. The third-order valence-corrected chi connectivity index (χ3v) is 3.08. The molecule has 0 spiro atoms. The Bertz CT molecular complexity index is 528. The predicted molar refractivity (Wildman–Crippen MR) is 67.3 cm³/mol. The van der Waals surface area contributed by atoms with Crippen molar-refractivity contribution in [3.05, 3.63) is 17.0 Å². The number of carbonyl (C=O) groups is 2. The second-order valence-corrected chi connectivity index (χ2v) is 4.45. The summed E-state index contributed by atoms with van der Waals surface area (Å²) in [7, 11) is 1.54. The number of hydrogen-bond acceptors (Lipinski definition) is 5. The summed E-state index contributed by atoms with van der Waals surface area (Å²) < 4.78 is 5.02. The van der Waals surface area contributed by atoms with Gasteiger partial charge in [0.25, 0.3) is 5.91 Å². The van der Waals surface area contributed by atoms with Crippen LogP contribution in [0.1, 0.15) is 29.9 Å². The van der Waals surface area contributed by atoms with Crippen LogP contribution in [0.2, 0.25) is 0 Å². The van der Waals surface area contributed by atoms with Gasteiger partial charge in [0.05, 0.1) is 5.69 Å². The van der Waals surface area contributed by atoms with Gasteiger partial charge in [-0.1, -0.05) is 5.16 Å². The van der Waals surface area contributed by atoms with E-state index in [1.807, 2.05) is 6.92 Å². The highest BCUT2D eigenvalue weighted by atomic mass is 16.5. The summed E-state index contributed by atoms with van der Waals surface area (Å²) in [6.45, 7) is 3.96. The normalized spacial score (nSPS) is 15.4. The molecule has 1 N–H and O–H groups in total. The first-order chi connectivity index (χ1) is 8.99. The summed E-state index contributed by atoms with van der Waals surface area (Å²) in [4.78, 5) is 23.2. The van der Waals surface area contributed by atoms with Crippen LogP contribution in [0.25, 0.3) is 0 Å². The van der Waals surface area contributed by atoms with E-state index in [-0.39, 0.29) is 11.8 Å². The number of amides is 2. The smallest absolute Gasteiger partial charge is 0.267 e. The molecule has 0 aliphatic carbocycles. The molecule has 0 fully saturated rings. The molecule has 0 saturated carbocycles. The van der Waals surface area contributed by atoms with E-state index in [0.717, 1.165) is 11.3 Å². The van der Waals surface area contributed by atoms with Crippen LogP contribution in [0.15, 0.2) is 9.62 Å². The van der Waals surface area contributed by atoms with Gasteiger partial charge in [-0.15, -0.1) is 0 Å². The second-order valence-electron chi connectivity index (χ2n) is 4.45. The first kappa shape index (κ1) is 13.3. The Morgan fingerprint density at radius 3 is 2.74 bits per heavy atom. The standard InChI is InChI=1S/C12H16N4O3/c1-7-9(8(2)19-15-7)6-13-12(18)10-4-5-11(17)16(3)14-10/h4-6H2,1-3H3,(H,13,18). The monoisotopic (exact) mass is 264 g/mol. The predicted octanol–water partition coefficient (Wildman–Crippen LogP) is 0.516. The Kier molecular flexibility index (Phi) is 3.64. The van der Waals surface area contributed by atoms with E-state index in [2.05, 4.69) is 15.6 Å². The molecule has 0 atom stereocenters. The van der Waals surface area contributed by atoms with E-state index in [1.54, 1.807) is 14.0 Å². The summed E-state index contributed by atoms with van der Waals surface area (Å²) >= 11 is 0. The van der Waals surface area contributed by atoms with Crippen molar-refractivity contribution in [1.29, 1.82) is 0 Å². The zero-order valence-corrected chi connectivity index (χ0v) is 11.2. The Hall–Kier alpha value is -2.18. The van der Waals surface area contributed by atoms with Gasteiger partial charge in [-0.25, -0.2) is 5.01 Å². The SMILES string of the molecule is Cc1noc(C)c1CNC(=O)C1=NN(C)C(=O)CC1. The van der Waals surface area contributed by atoms with Gasteiger partial charge in [0.2, 0.25) is 5.91 Å². The van der Waals surface area contributed by atoms with Crippen molar-refractivity contribution in [3.8, 4) is 0 Å². The molecule has 2 heterocycles. The van der Waals surface area contributed by atoms with Gasteiger partial charge >= 0.3 is 0 Å². The van der Waals surface area contributed by atoms with Gasteiger partial charge in [0, 0.05) is 32.0 Å². The maximum absolute atomic E-state index is 11.9. The second kappa shape index (κ2) is 5.21. The summed E-state index contributed by atoms with van der Waals surface area (Å²) in [6, 6.07) is 0. The largest absolute Gasteiger partial charge is 0.361 e. The molecule has 0 unspecified atom stereocenters. The summed E-state index contributed by atoms with van der Waals surface area (Å²) in [5.74, 6) is 0.345. The average Bonchev–Trinajstić information content (AvgIpc) is 2.69. The number of hydrazone groups is 1. The van der Waals surface area contributed by atoms with E-state index in [0.29, 0.717) is 30.9 Å². The Morgan fingerprint density at radius 1 is 1.42 bits per heavy atom. The first-order valence-corrected chi connectivity index (χ1v) is 6.03. The molecule has 19 heavy (non-hydrogen) atoms. The van der Waals surface area contributed by atoms with Crippen LogP contribution >= 0.6 is 0 Å². The van der Waals surface area contributed by atoms with Crippen LogP contribution in [0.3, 0.4) is 0 Å². The number of aromatic nitrogens is 1. The van der Waals surface area contributed by atoms with Crippen LogP contribution in [-0.4, -0.2) is 34.7 Å². The van der Waals surface area contributed by atoms with Crippen LogP contribution < -0.4 is 5.32 Å². The number of aryl methyl sites for hydroxylation is 2. The minimum atomic E-state index is -0.264. The Labute approximate surface area is 110 Å². The molecular weight excluding hydrogens is 248 g/mol. The van der Waals surface area contributed by atoms with Crippen molar-refractivity contribution in [2.45, 2.75) is 33.2 Å². The number of rotatable bonds is 3. The minimum absolute atomic E-state index is 0.0812. The fourth-order valence-electron chi connectivity index (χ4n) is 1.86. The number of nitrogens with one attached hydrogen (secondary N) is 1. The maximum atomic E-state index is 11.9. The third kappa shape index (κ3) is 2.81. The Morgan fingerprint density at radius 2 is 2.16 bits per heavy atom. The van der Waals surface area contributed by atoms with Crippen LogP contribution in [0.5, 0.6) is 0 Å². The molecule has 1 aromatic heterocycles. The molecule has 0 saturated heterocycles. The topological polar surface area (TPSA) is 87.8 Å². The summed E-state index contributed by atoms with van der Waals surface area (Å²) in [6.07, 6.45) is 0.685. The van der Waals surface area contributed by atoms with E-state index in [4.69, 9.17) is 4.52 Å². The van der Waals surface area contributed by atoms with Gasteiger partial charge in [-0.2, -0.15) is 5.10 Å². The molecule has 2 rings (SSSR count). The van der Waals surface area contributed by atoms with Crippen LogP contribution in [0.4, 0.5) is 0 Å². The first-order valence-electron chi connectivity index (χ1n) is 6.03. The zero-order valence-electron chi connectivity index (χ0n) is 11.2. The van der Waals surface area contributed by atoms with Crippen LogP contribution in [0, 0.1) is 13.8 Å². The average molecular weight is 264 g/mol. The lowest BCUT2D eigenvalue weighted by molar-refractivity contribution is -0.130. The highest BCUT2D eigenvalue weighted by molar-refractivity contribution is 6.39. The lowest BCUT2D eigenvalue weighted by Gasteiger charge is -2.18. The lowest BCUT2D eigenvalue weighted by atomic mass is 10.1. The lowest BCUT2D eigenvalue weighted by Crippen LogP contribution is -2.37. The molecule has 1 aromatic rings. The van der Waals surface area contributed by atoms with Crippen LogP contribution in [-0.2, 0) is 16.1 Å². The van der Waals surface area contributed by atoms with Gasteiger partial charge < -0.3 is 9.84 Å².